The van der Waals surface area contributed by atoms with Gasteiger partial charge < -0.3 is 52.4 Å². The third-order valence-corrected chi connectivity index (χ3v) is 11.1. The van der Waals surface area contributed by atoms with Crippen molar-refractivity contribution in [1.29, 1.82) is 0 Å². The van der Waals surface area contributed by atoms with Crippen molar-refractivity contribution in [1.82, 2.24) is 24.0 Å². The van der Waals surface area contributed by atoms with E-state index in [2.05, 4.69) is 20.0 Å². The van der Waals surface area contributed by atoms with Crippen LogP contribution in [-0.4, -0.2) is 175 Å². The molecule has 1 saturated heterocycles. The summed E-state index contributed by atoms with van der Waals surface area (Å²) >= 11 is 0. The van der Waals surface area contributed by atoms with Crippen LogP contribution in [0.25, 0.3) is 49.2 Å². The highest BCUT2D eigenvalue weighted by molar-refractivity contribution is 6.04. The number of ether oxygens (including phenoxy) is 9. The first-order chi connectivity index (χ1) is 34.1. The lowest BCUT2D eigenvalue weighted by Crippen LogP contribution is -2.49. The van der Waals surface area contributed by atoms with Crippen molar-refractivity contribution in [2.75, 3.05) is 150 Å². The van der Waals surface area contributed by atoms with Crippen LogP contribution in [-0.2, 0) is 55.9 Å². The number of methoxy groups -OCH3 is 1. The van der Waals surface area contributed by atoms with Crippen molar-refractivity contribution < 1.29 is 60.6 Å². The number of carbonyl (C=O) groups excluding carboxylic acids is 1. The molecule has 0 radical (unpaired) electrons. The number of rotatable bonds is 31. The Kier molecular flexibility index (Phi) is 21.5. The van der Waals surface area contributed by atoms with Gasteiger partial charge in [0.2, 0.25) is 11.8 Å². The Bertz CT molecular complexity index is 2510. The van der Waals surface area contributed by atoms with Crippen LogP contribution in [0.5, 0.6) is 5.88 Å². The molecule has 70 heavy (non-hydrogen) atoms. The zero-order valence-corrected chi connectivity index (χ0v) is 39.5. The molecule has 0 N–H and O–H groups in total. The Morgan fingerprint density at radius 3 is 1.79 bits per heavy atom. The molecule has 0 spiro atoms. The van der Waals surface area contributed by atoms with Crippen molar-refractivity contribution in [3.05, 3.63) is 87.4 Å². The molecule has 1 aliphatic heterocycles. The number of hydrogen-bond donors (Lipinski definition) is 0. The molecule has 1 fully saturated rings. The Labute approximate surface area is 402 Å². The molecule has 6 rings (SSSR count). The van der Waals surface area contributed by atoms with Gasteiger partial charge in [-0.3, -0.25) is 18.9 Å². The van der Waals surface area contributed by atoms with Crippen LogP contribution < -0.4 is 15.3 Å². The number of pyridine rings is 2. The van der Waals surface area contributed by atoms with Crippen LogP contribution in [0.15, 0.2) is 70.8 Å². The second-order valence-corrected chi connectivity index (χ2v) is 15.7. The molecule has 1 amide bonds. The van der Waals surface area contributed by atoms with Gasteiger partial charge in [0, 0.05) is 73.6 Å². The molecule has 0 bridgehead atoms. The zero-order valence-electron chi connectivity index (χ0n) is 39.5. The number of amides is 1. The average Bonchev–Trinajstić information content (AvgIpc) is 3.64. The molecule has 0 saturated carbocycles. The predicted molar refractivity (Wildman–Crippen MR) is 253 cm³/mol. The molecule has 0 unspecified atom stereocenters. The summed E-state index contributed by atoms with van der Waals surface area (Å²) in [5.74, 6) is 0.299. The molecule has 3 aromatic heterocycles. The fourth-order valence-electron chi connectivity index (χ4n) is 7.56. The van der Waals surface area contributed by atoms with Gasteiger partial charge in [0.15, 0.2) is 0 Å². The number of halogens is 3. The van der Waals surface area contributed by atoms with Crippen molar-refractivity contribution in [3.8, 4) is 22.7 Å². The topological polar surface area (TPSA) is 208 Å². The molecule has 20 nitrogen and oxygen atoms in total. The number of carbonyl (C=O) groups is 1. The van der Waals surface area contributed by atoms with Gasteiger partial charge in [-0.2, -0.15) is 13.2 Å². The number of hydrogen-bond acceptors (Lipinski definition) is 15. The van der Waals surface area contributed by atoms with Crippen molar-refractivity contribution in [3.63, 3.8) is 0 Å². The first-order valence-corrected chi connectivity index (χ1v) is 23.0. The van der Waals surface area contributed by atoms with Crippen LogP contribution in [0.4, 0.5) is 18.9 Å². The minimum Gasteiger partial charge on any atom is -0.481 e. The smallest absolute Gasteiger partial charge is 0.418 e. The third kappa shape index (κ3) is 15.6. The molecule has 0 atom stereocenters. The van der Waals surface area contributed by atoms with E-state index in [4.69, 9.17) is 48.2 Å². The maximum Gasteiger partial charge on any atom is 0.418 e. The van der Waals surface area contributed by atoms with Gasteiger partial charge in [0.1, 0.15) is 0 Å². The van der Waals surface area contributed by atoms with E-state index in [1.165, 1.54) is 28.4 Å². The summed E-state index contributed by atoms with van der Waals surface area (Å²) in [7, 11) is 3.08. The summed E-state index contributed by atoms with van der Waals surface area (Å²) in [4.78, 5) is 41.5. The second kappa shape index (κ2) is 28.1. The largest absolute Gasteiger partial charge is 0.481 e. The van der Waals surface area contributed by atoms with Gasteiger partial charge in [0.05, 0.1) is 153 Å². The Morgan fingerprint density at radius 1 is 0.700 bits per heavy atom. The lowest BCUT2D eigenvalue weighted by Gasteiger charge is -2.37. The first-order valence-electron chi connectivity index (χ1n) is 23.0. The normalized spacial score (nSPS) is 13.1. The summed E-state index contributed by atoms with van der Waals surface area (Å²) in [6.45, 7) is 7.41. The summed E-state index contributed by atoms with van der Waals surface area (Å²) in [6, 6.07) is 13.0. The molecule has 380 valence electrons. The predicted octanol–water partition coefficient (Wildman–Crippen LogP) is 5.45. The number of aryl methyl sites for hydroxylation is 1. The van der Waals surface area contributed by atoms with Crippen LogP contribution >= 0.6 is 0 Å². The van der Waals surface area contributed by atoms with Crippen molar-refractivity contribution in [2.45, 2.75) is 12.6 Å². The summed E-state index contributed by atoms with van der Waals surface area (Å²) in [5, 5.41) is 3.96. The van der Waals surface area contributed by atoms with Crippen molar-refractivity contribution in [2.24, 2.45) is 12.2 Å². The highest BCUT2D eigenvalue weighted by Gasteiger charge is 2.37. The van der Waals surface area contributed by atoms with Gasteiger partial charge >= 0.3 is 11.9 Å². The Balaban J connectivity index is 0.850. The Hall–Kier alpha value is -5.88. The van der Waals surface area contributed by atoms with Crippen LogP contribution in [0.2, 0.25) is 0 Å². The number of benzene rings is 2. The molecule has 0 aliphatic carbocycles. The monoisotopic (exact) mass is 983 g/mol. The van der Waals surface area contributed by atoms with Crippen LogP contribution in [0.1, 0.15) is 12.0 Å². The maximum atomic E-state index is 14.9. The Morgan fingerprint density at radius 2 is 1.26 bits per heavy atom. The maximum absolute atomic E-state index is 14.9. The van der Waals surface area contributed by atoms with E-state index in [1.807, 2.05) is 18.2 Å². The number of azide groups is 1. The van der Waals surface area contributed by atoms with E-state index in [0.29, 0.717) is 127 Å². The van der Waals surface area contributed by atoms with E-state index < -0.39 is 17.4 Å². The molecule has 2 aromatic carbocycles. The van der Waals surface area contributed by atoms with Gasteiger partial charge in [-0.15, -0.1) is 0 Å². The first kappa shape index (κ1) is 53.5. The standard InChI is InChI=1S/C47H60F3N9O11/c1-56-42-34-52-40-6-3-35(36-4-8-43(62-2)53-33-36)31-38(40)45(42)59(46(56)61)37-5-7-41(39(32-37)47(48,49)50)57-11-13-58(14-12-57)44(60)9-15-63-17-19-65-21-23-67-25-27-69-29-30-70-28-26-68-24-22-66-20-18-64-16-10-54-55-51/h3-8,31-34H,9-30H2,1-2H3. The fraction of sp³-hybridized carbons (Fsp3) is 0.532. The number of imidazole rings is 1. The van der Waals surface area contributed by atoms with E-state index in [-0.39, 0.29) is 63.1 Å². The number of nitrogens with zero attached hydrogens (tertiary/aromatic N) is 9. The highest BCUT2D eigenvalue weighted by atomic mass is 19.4. The average molecular weight is 984 g/mol. The van der Waals surface area contributed by atoms with E-state index >= 15 is 0 Å². The number of aromatic nitrogens is 4. The SMILES string of the molecule is COc1ccc(-c2ccc3ncc4c(c3c2)n(-c2ccc(N3CCN(C(=O)CCOCCOCCOCCOCCOCCOCCOCCOCCN=[N+]=[N-])CC3)c(C(F)(F)F)c2)c(=O)n4C)cn1. The number of anilines is 1. The zero-order chi connectivity index (χ0) is 49.6. The second-order valence-electron chi connectivity index (χ2n) is 15.7. The number of alkyl halides is 3. The molecule has 23 heteroatoms. The lowest BCUT2D eigenvalue weighted by atomic mass is 10.0. The summed E-state index contributed by atoms with van der Waals surface area (Å²) < 4.78 is 96.1. The van der Waals surface area contributed by atoms with Gasteiger partial charge in [-0.25, -0.2) is 9.78 Å². The molecule has 1 aliphatic rings. The van der Waals surface area contributed by atoms with Crippen LogP contribution in [0, 0.1) is 0 Å². The van der Waals surface area contributed by atoms with E-state index in [0.717, 1.165) is 17.2 Å². The quantitative estimate of drug-likeness (QED) is 0.0234. The van der Waals surface area contributed by atoms with Crippen LogP contribution in [0.3, 0.4) is 0 Å². The molecule has 4 heterocycles. The molecular weight excluding hydrogens is 924 g/mol. The number of piperazine rings is 1. The molecular formula is C47H60F3N9O11. The van der Waals surface area contributed by atoms with E-state index in [1.54, 1.807) is 41.4 Å². The minimum atomic E-state index is -4.74. The third-order valence-electron chi connectivity index (χ3n) is 11.1. The van der Waals surface area contributed by atoms with Gasteiger partial charge in [-0.05, 0) is 47.5 Å². The molecule has 5 aromatic rings. The van der Waals surface area contributed by atoms with E-state index in [9.17, 15) is 22.8 Å². The number of fused-ring (bicyclic) bond motifs is 3. The fourth-order valence-corrected chi connectivity index (χ4v) is 7.56. The summed E-state index contributed by atoms with van der Waals surface area (Å²) in [5.41, 5.74) is 9.81. The minimum absolute atomic E-state index is 0.0281. The summed E-state index contributed by atoms with van der Waals surface area (Å²) in [6.07, 6.45) is -1.41. The highest BCUT2D eigenvalue weighted by Crippen LogP contribution is 2.39. The van der Waals surface area contributed by atoms with Crippen molar-refractivity contribution >= 4 is 33.5 Å². The van der Waals surface area contributed by atoms with Gasteiger partial charge in [0.25, 0.3) is 0 Å². The van der Waals surface area contributed by atoms with Gasteiger partial charge in [-0.1, -0.05) is 11.2 Å². The lowest BCUT2D eigenvalue weighted by molar-refractivity contribution is -0.137.